The van der Waals surface area contributed by atoms with Crippen LogP contribution in [0.3, 0.4) is 0 Å². The molecule has 4 aliphatic carbocycles. The topological polar surface area (TPSA) is 0 Å². The molecular formula is C21H26. The number of hydrogen-bond donors (Lipinski definition) is 0. The molecule has 0 aliphatic heterocycles. The highest BCUT2D eigenvalue weighted by molar-refractivity contribution is 5.39. The fourth-order valence-corrected chi connectivity index (χ4v) is 6.10. The van der Waals surface area contributed by atoms with E-state index in [0.29, 0.717) is 16.7 Å². The molecular weight excluding hydrogens is 252 g/mol. The normalized spacial score (nSPS) is 50.6. The van der Waals surface area contributed by atoms with Crippen LogP contribution in [0.1, 0.15) is 46.0 Å². The summed E-state index contributed by atoms with van der Waals surface area (Å²) in [6.07, 6.45) is 24.2. The smallest absolute Gasteiger partial charge is 0.0256 e. The van der Waals surface area contributed by atoms with Crippen molar-refractivity contribution >= 4 is 0 Å². The highest BCUT2D eigenvalue weighted by Crippen LogP contribution is 2.64. The molecule has 0 aromatic heterocycles. The fraction of sp³-hybridized carbons (Fsp3) is 0.619. The third kappa shape index (κ3) is 1.64. The summed E-state index contributed by atoms with van der Waals surface area (Å²) < 4.78 is 0. The van der Waals surface area contributed by atoms with Gasteiger partial charge < -0.3 is 0 Å². The Morgan fingerprint density at radius 3 is 2.86 bits per heavy atom. The third-order valence-corrected chi connectivity index (χ3v) is 7.46. The highest BCUT2D eigenvalue weighted by Gasteiger charge is 2.57. The molecule has 0 aromatic rings. The minimum absolute atomic E-state index is 0.365. The zero-order valence-electron chi connectivity index (χ0n) is 13.3. The van der Waals surface area contributed by atoms with Gasteiger partial charge >= 0.3 is 0 Å². The van der Waals surface area contributed by atoms with Gasteiger partial charge in [0.25, 0.3) is 0 Å². The molecule has 0 bridgehead atoms. The van der Waals surface area contributed by atoms with Crippen LogP contribution in [0.4, 0.5) is 0 Å². The van der Waals surface area contributed by atoms with E-state index in [1.807, 2.05) is 0 Å². The van der Waals surface area contributed by atoms with Gasteiger partial charge in [0.1, 0.15) is 0 Å². The first-order chi connectivity index (χ1) is 10.1. The van der Waals surface area contributed by atoms with Crippen LogP contribution in [-0.2, 0) is 0 Å². The molecule has 110 valence electrons. The van der Waals surface area contributed by atoms with Crippen LogP contribution in [0, 0.1) is 46.8 Å². The molecule has 2 fully saturated rings. The van der Waals surface area contributed by atoms with Gasteiger partial charge in [0, 0.05) is 5.92 Å². The summed E-state index contributed by atoms with van der Waals surface area (Å²) in [4.78, 5) is 0. The largest absolute Gasteiger partial charge is 0.120 e. The van der Waals surface area contributed by atoms with E-state index in [-0.39, 0.29) is 0 Å². The molecule has 0 N–H and O–H groups in total. The van der Waals surface area contributed by atoms with E-state index in [1.165, 1.54) is 32.1 Å². The van der Waals surface area contributed by atoms with Crippen molar-refractivity contribution in [2.75, 3.05) is 0 Å². The maximum atomic E-state index is 5.84. The van der Waals surface area contributed by atoms with Gasteiger partial charge in [-0.15, -0.1) is 12.3 Å². The Morgan fingerprint density at radius 1 is 1.19 bits per heavy atom. The number of rotatable bonds is 0. The van der Waals surface area contributed by atoms with Gasteiger partial charge in [0.2, 0.25) is 0 Å². The molecule has 0 nitrogen and oxygen atoms in total. The maximum Gasteiger partial charge on any atom is 0.0256 e. The van der Waals surface area contributed by atoms with E-state index >= 15 is 0 Å². The van der Waals surface area contributed by atoms with Crippen LogP contribution in [0.2, 0.25) is 0 Å². The summed E-state index contributed by atoms with van der Waals surface area (Å²) in [5.74, 6) is 5.99. The van der Waals surface area contributed by atoms with Gasteiger partial charge in [-0.05, 0) is 66.3 Å². The average Bonchev–Trinajstić information content (AvgIpc) is 2.83. The van der Waals surface area contributed by atoms with E-state index in [2.05, 4.69) is 50.1 Å². The highest BCUT2D eigenvalue weighted by atomic mass is 14.6. The van der Waals surface area contributed by atoms with Gasteiger partial charge in [0.15, 0.2) is 0 Å². The Hall–Kier alpha value is -1.22. The zero-order valence-corrected chi connectivity index (χ0v) is 13.3. The van der Waals surface area contributed by atoms with Crippen molar-refractivity contribution in [1.82, 2.24) is 0 Å². The summed E-state index contributed by atoms with van der Waals surface area (Å²) >= 11 is 0. The summed E-state index contributed by atoms with van der Waals surface area (Å²) in [7, 11) is 0. The SMILES string of the molecule is C#C[C@H]1CC[C@H]2[C@@H]3C=CC4=CC=CC[C@]4(C)[C@H]3CC[C@]12C. The van der Waals surface area contributed by atoms with E-state index in [1.54, 1.807) is 5.57 Å². The van der Waals surface area contributed by atoms with Gasteiger partial charge in [0.05, 0.1) is 0 Å². The van der Waals surface area contributed by atoms with Crippen molar-refractivity contribution < 1.29 is 0 Å². The van der Waals surface area contributed by atoms with Gasteiger partial charge in [-0.1, -0.05) is 44.2 Å². The van der Waals surface area contributed by atoms with Crippen LogP contribution >= 0.6 is 0 Å². The lowest BCUT2D eigenvalue weighted by atomic mass is 9.49. The lowest BCUT2D eigenvalue weighted by Crippen LogP contribution is -2.48. The lowest BCUT2D eigenvalue weighted by Gasteiger charge is -2.55. The van der Waals surface area contributed by atoms with Crippen LogP contribution in [-0.4, -0.2) is 0 Å². The monoisotopic (exact) mass is 278 g/mol. The number of hydrogen-bond acceptors (Lipinski definition) is 0. The van der Waals surface area contributed by atoms with Crippen LogP contribution in [0.25, 0.3) is 0 Å². The first-order valence-electron chi connectivity index (χ1n) is 8.61. The first-order valence-corrected chi connectivity index (χ1v) is 8.61. The van der Waals surface area contributed by atoms with Crippen molar-refractivity contribution in [1.29, 1.82) is 0 Å². The Kier molecular flexibility index (Phi) is 2.81. The Bertz CT molecular complexity index is 584. The van der Waals surface area contributed by atoms with Gasteiger partial charge in [-0.3, -0.25) is 0 Å². The molecule has 2 saturated carbocycles. The molecule has 6 atom stereocenters. The molecule has 0 aromatic carbocycles. The molecule has 4 aliphatic rings. The molecule has 0 radical (unpaired) electrons. The quantitative estimate of drug-likeness (QED) is 0.538. The predicted molar refractivity (Wildman–Crippen MR) is 88.5 cm³/mol. The van der Waals surface area contributed by atoms with Crippen LogP contribution in [0.15, 0.2) is 36.0 Å². The maximum absolute atomic E-state index is 5.84. The van der Waals surface area contributed by atoms with E-state index in [0.717, 1.165) is 17.8 Å². The van der Waals surface area contributed by atoms with E-state index in [4.69, 9.17) is 6.42 Å². The summed E-state index contributed by atoms with van der Waals surface area (Å²) in [6.45, 7) is 4.98. The summed E-state index contributed by atoms with van der Waals surface area (Å²) in [5, 5.41) is 0. The Balaban J connectivity index is 1.74. The van der Waals surface area contributed by atoms with Crippen molar-refractivity contribution in [2.45, 2.75) is 46.0 Å². The molecule has 4 rings (SSSR count). The second-order valence-electron chi connectivity index (χ2n) is 8.16. The van der Waals surface area contributed by atoms with Crippen molar-refractivity contribution in [3.63, 3.8) is 0 Å². The van der Waals surface area contributed by atoms with E-state index in [9.17, 15) is 0 Å². The molecule has 0 unspecified atom stereocenters. The first kappa shape index (κ1) is 13.4. The molecule has 0 heteroatoms. The standard InChI is InChI=1S/C21H26/c1-4-15-9-11-18-17-10-8-16-7-5-6-13-20(16,2)19(17)12-14-21(15,18)3/h1,5-8,10,15,17-19H,9,11-14H2,2-3H3/t15-,17-,18-,19-,20-,21+/m0/s1. The minimum atomic E-state index is 0.365. The van der Waals surface area contributed by atoms with Crippen LogP contribution < -0.4 is 0 Å². The number of allylic oxidation sites excluding steroid dienone is 6. The predicted octanol–water partition coefficient (Wildman–Crippen LogP) is 5.14. The number of fused-ring (bicyclic) bond motifs is 5. The van der Waals surface area contributed by atoms with Crippen molar-refractivity contribution in [3.8, 4) is 12.3 Å². The minimum Gasteiger partial charge on any atom is -0.120 e. The Labute approximate surface area is 129 Å². The third-order valence-electron chi connectivity index (χ3n) is 7.46. The molecule has 0 heterocycles. The average molecular weight is 278 g/mol. The molecule has 0 spiro atoms. The van der Waals surface area contributed by atoms with Gasteiger partial charge in [-0.2, -0.15) is 0 Å². The van der Waals surface area contributed by atoms with E-state index < -0.39 is 0 Å². The zero-order chi connectivity index (χ0) is 14.7. The van der Waals surface area contributed by atoms with Crippen LogP contribution in [0.5, 0.6) is 0 Å². The second kappa shape index (κ2) is 4.39. The van der Waals surface area contributed by atoms with Gasteiger partial charge in [-0.25, -0.2) is 0 Å². The number of terminal acetylenes is 1. The summed E-state index contributed by atoms with van der Waals surface area (Å²) in [5.41, 5.74) is 2.31. The molecule has 21 heavy (non-hydrogen) atoms. The molecule has 0 amide bonds. The Morgan fingerprint density at radius 2 is 2.05 bits per heavy atom. The van der Waals surface area contributed by atoms with Crippen molar-refractivity contribution in [2.24, 2.45) is 34.5 Å². The summed E-state index contributed by atoms with van der Waals surface area (Å²) in [6, 6.07) is 0. The fourth-order valence-electron chi connectivity index (χ4n) is 6.10. The van der Waals surface area contributed by atoms with Crippen molar-refractivity contribution in [3.05, 3.63) is 36.0 Å². The lowest BCUT2D eigenvalue weighted by molar-refractivity contribution is 0.0000886. The molecule has 0 saturated heterocycles. The second-order valence-corrected chi connectivity index (χ2v) is 8.16.